The van der Waals surface area contributed by atoms with Gasteiger partial charge in [0.1, 0.15) is 17.2 Å². The van der Waals surface area contributed by atoms with Crippen LogP contribution in [0.25, 0.3) is 5.65 Å². The molecular weight excluding hydrogens is 420 g/mol. The zero-order valence-corrected chi connectivity index (χ0v) is 18.8. The van der Waals surface area contributed by atoms with Crippen molar-refractivity contribution in [1.29, 1.82) is 0 Å². The third-order valence-corrected chi connectivity index (χ3v) is 4.92. The molecule has 0 atom stereocenters. The quantitative estimate of drug-likeness (QED) is 0.573. The third kappa shape index (κ3) is 4.99. The van der Waals surface area contributed by atoms with Crippen LogP contribution in [0.15, 0.2) is 38.8 Å². The Bertz CT molecular complexity index is 1270. The van der Waals surface area contributed by atoms with Gasteiger partial charge in [0.2, 0.25) is 0 Å². The molecule has 3 N–H and O–H groups in total. The van der Waals surface area contributed by atoms with Crippen LogP contribution < -0.4 is 27.4 Å². The van der Waals surface area contributed by atoms with Gasteiger partial charge in [-0.1, -0.05) is 39.3 Å². The van der Waals surface area contributed by atoms with Crippen molar-refractivity contribution in [3.05, 3.63) is 66.3 Å². The van der Waals surface area contributed by atoms with E-state index in [9.17, 15) is 14.4 Å². The number of aromatic nitrogens is 4. The van der Waals surface area contributed by atoms with Gasteiger partial charge >= 0.3 is 5.69 Å². The normalized spacial score (nSPS) is 11.6. The van der Waals surface area contributed by atoms with Crippen molar-refractivity contribution in [3.8, 4) is 0 Å². The number of pyridine rings is 1. The number of H-pyrrole nitrogens is 1. The van der Waals surface area contributed by atoms with Crippen LogP contribution in [0.2, 0.25) is 5.02 Å². The topological polar surface area (TPSA) is 118 Å². The molecule has 3 aromatic rings. The van der Waals surface area contributed by atoms with Crippen molar-refractivity contribution in [3.63, 3.8) is 0 Å². The monoisotopic (exact) mass is 446 g/mol. The summed E-state index contributed by atoms with van der Waals surface area (Å²) in [5, 5.41) is 0.428. The fourth-order valence-corrected chi connectivity index (χ4v) is 3.67. The fraction of sp³-hybridized carbons (Fsp3) is 0.429. The molecule has 0 aromatic carbocycles. The number of halogens is 1. The first kappa shape index (κ1) is 22.6. The van der Waals surface area contributed by atoms with Crippen LogP contribution in [0.5, 0.6) is 0 Å². The first-order valence-corrected chi connectivity index (χ1v) is 10.5. The Morgan fingerprint density at radius 2 is 1.87 bits per heavy atom. The van der Waals surface area contributed by atoms with Gasteiger partial charge in [-0.05, 0) is 24.0 Å². The van der Waals surface area contributed by atoms with E-state index in [0.29, 0.717) is 29.5 Å². The highest BCUT2D eigenvalue weighted by Gasteiger charge is 2.21. The maximum absolute atomic E-state index is 12.7. The predicted octanol–water partition coefficient (Wildman–Crippen LogP) is 2.10. The van der Waals surface area contributed by atoms with Gasteiger partial charge in [0.25, 0.3) is 11.1 Å². The van der Waals surface area contributed by atoms with E-state index in [4.69, 9.17) is 17.3 Å². The van der Waals surface area contributed by atoms with Crippen LogP contribution in [0.4, 0.5) is 11.5 Å². The van der Waals surface area contributed by atoms with Gasteiger partial charge in [-0.15, -0.1) is 0 Å². The van der Waals surface area contributed by atoms with Crippen molar-refractivity contribution in [2.75, 3.05) is 17.2 Å². The highest BCUT2D eigenvalue weighted by atomic mass is 35.5. The lowest BCUT2D eigenvalue weighted by Gasteiger charge is -2.27. The molecule has 0 saturated heterocycles. The van der Waals surface area contributed by atoms with Crippen LogP contribution in [-0.4, -0.2) is 25.5 Å². The largest absolute Gasteiger partial charge is 0.383 e. The molecule has 3 heterocycles. The minimum absolute atomic E-state index is 0.104. The molecule has 3 rings (SSSR count). The molecule has 0 spiro atoms. The number of nitrogens with one attached hydrogen (secondary N) is 1. The van der Waals surface area contributed by atoms with Crippen LogP contribution in [0.3, 0.4) is 0 Å². The smallest absolute Gasteiger partial charge is 0.330 e. The highest BCUT2D eigenvalue weighted by Crippen LogP contribution is 2.21. The number of nitrogen functional groups attached to an aromatic ring is 1. The highest BCUT2D eigenvalue weighted by molar-refractivity contribution is 6.30. The summed E-state index contributed by atoms with van der Waals surface area (Å²) >= 11 is 5.97. The van der Waals surface area contributed by atoms with Gasteiger partial charge < -0.3 is 10.6 Å². The van der Waals surface area contributed by atoms with E-state index in [-0.39, 0.29) is 35.4 Å². The second-order valence-corrected chi connectivity index (χ2v) is 8.87. The molecule has 9 nitrogen and oxygen atoms in total. The van der Waals surface area contributed by atoms with Crippen LogP contribution in [-0.2, 0) is 13.1 Å². The predicted molar refractivity (Wildman–Crippen MR) is 123 cm³/mol. The standard InChI is InChI=1S/C21H27ClN6O3/c1-12(2)8-26(18-19(23)28(9-13(3)4)21(31)25-20(18)30)11-15-7-17(29)27-10-14(22)5-6-16(27)24-15/h5-7,10,12-13H,8-9,11,23H2,1-4H3,(H,25,30,31). The molecule has 0 aliphatic carbocycles. The number of nitrogens with two attached hydrogens (primary N) is 1. The summed E-state index contributed by atoms with van der Waals surface area (Å²) in [5.41, 5.74) is 6.05. The number of hydrogen-bond acceptors (Lipinski definition) is 6. The molecule has 10 heteroatoms. The van der Waals surface area contributed by atoms with Gasteiger partial charge in [0.15, 0.2) is 0 Å². The summed E-state index contributed by atoms with van der Waals surface area (Å²) in [4.78, 5) is 46.3. The summed E-state index contributed by atoms with van der Waals surface area (Å²) in [6.45, 7) is 8.97. The van der Waals surface area contributed by atoms with E-state index in [1.54, 1.807) is 17.0 Å². The fourth-order valence-electron chi connectivity index (χ4n) is 3.51. The third-order valence-electron chi connectivity index (χ3n) is 4.69. The van der Waals surface area contributed by atoms with E-state index < -0.39 is 11.2 Å². The van der Waals surface area contributed by atoms with Crippen molar-refractivity contribution in [2.24, 2.45) is 11.8 Å². The number of rotatable bonds is 7. The van der Waals surface area contributed by atoms with Gasteiger partial charge in [-0.25, -0.2) is 9.78 Å². The number of aromatic amines is 1. The van der Waals surface area contributed by atoms with Crippen molar-refractivity contribution >= 4 is 28.8 Å². The SMILES string of the molecule is CC(C)CN(Cc1cc(=O)n2cc(Cl)ccc2n1)c1c(N)n(CC(C)C)c(=O)[nH]c1=O. The Balaban J connectivity index is 2.11. The van der Waals surface area contributed by atoms with Crippen molar-refractivity contribution in [2.45, 2.75) is 40.8 Å². The molecule has 31 heavy (non-hydrogen) atoms. The first-order chi connectivity index (χ1) is 14.6. The molecule has 0 saturated carbocycles. The van der Waals surface area contributed by atoms with E-state index in [0.717, 1.165) is 0 Å². The second-order valence-electron chi connectivity index (χ2n) is 8.43. The summed E-state index contributed by atoms with van der Waals surface area (Å²) in [7, 11) is 0. The lowest BCUT2D eigenvalue weighted by Crippen LogP contribution is -2.40. The van der Waals surface area contributed by atoms with Crippen molar-refractivity contribution in [1.82, 2.24) is 18.9 Å². The maximum Gasteiger partial charge on any atom is 0.330 e. The van der Waals surface area contributed by atoms with E-state index in [2.05, 4.69) is 9.97 Å². The van der Waals surface area contributed by atoms with E-state index >= 15 is 0 Å². The molecule has 166 valence electrons. The van der Waals surface area contributed by atoms with E-state index in [1.165, 1.54) is 21.2 Å². The Morgan fingerprint density at radius 1 is 1.16 bits per heavy atom. The molecule has 0 aliphatic heterocycles. The van der Waals surface area contributed by atoms with Crippen LogP contribution in [0.1, 0.15) is 33.4 Å². The summed E-state index contributed by atoms with van der Waals surface area (Å²) in [6, 6.07) is 4.72. The average Bonchev–Trinajstić information content (AvgIpc) is 2.65. The van der Waals surface area contributed by atoms with Crippen molar-refractivity contribution < 1.29 is 0 Å². The Morgan fingerprint density at radius 3 is 2.52 bits per heavy atom. The molecule has 0 amide bonds. The minimum Gasteiger partial charge on any atom is -0.383 e. The number of hydrogen-bond donors (Lipinski definition) is 2. The molecule has 0 aliphatic rings. The molecule has 0 radical (unpaired) electrons. The zero-order valence-electron chi connectivity index (χ0n) is 18.1. The number of anilines is 2. The number of fused-ring (bicyclic) bond motifs is 1. The Kier molecular flexibility index (Phi) is 6.54. The minimum atomic E-state index is -0.563. The van der Waals surface area contributed by atoms with Gasteiger partial charge in [0.05, 0.1) is 17.3 Å². The summed E-state index contributed by atoms with van der Waals surface area (Å²) in [5.74, 6) is 0.448. The maximum atomic E-state index is 12.7. The van der Waals surface area contributed by atoms with Gasteiger partial charge in [-0.2, -0.15) is 0 Å². The molecular formula is C21H27ClN6O3. The van der Waals surface area contributed by atoms with Crippen LogP contribution >= 0.6 is 11.6 Å². The average molecular weight is 447 g/mol. The lowest BCUT2D eigenvalue weighted by molar-refractivity contribution is 0.505. The zero-order chi connectivity index (χ0) is 22.9. The molecule has 0 unspecified atom stereocenters. The van der Waals surface area contributed by atoms with Crippen LogP contribution in [0, 0.1) is 11.8 Å². The molecule has 0 fully saturated rings. The lowest BCUT2D eigenvalue weighted by atomic mass is 10.2. The second kappa shape index (κ2) is 8.97. The first-order valence-electron chi connectivity index (χ1n) is 10.1. The van der Waals surface area contributed by atoms with Gasteiger partial charge in [-0.3, -0.25) is 23.5 Å². The summed E-state index contributed by atoms with van der Waals surface area (Å²) < 4.78 is 2.74. The Hall–Kier alpha value is -3.07. The Labute approximate surface area is 184 Å². The van der Waals surface area contributed by atoms with Gasteiger partial charge in [0, 0.05) is 25.4 Å². The summed E-state index contributed by atoms with van der Waals surface area (Å²) in [6.07, 6.45) is 1.51. The number of nitrogens with zero attached hydrogens (tertiary/aromatic N) is 4. The van der Waals surface area contributed by atoms with E-state index in [1.807, 2.05) is 27.7 Å². The molecule has 3 aromatic heterocycles. The molecule has 0 bridgehead atoms.